The third-order valence-electron chi connectivity index (χ3n) is 1.49. The van der Waals surface area contributed by atoms with E-state index in [1.54, 1.807) is 0 Å². The fraction of sp³-hybridized carbons (Fsp3) is 0.250. The number of hydrogen-bond acceptors (Lipinski definition) is 5. The molecule has 0 amide bonds. The standard InChI is InChI=1S/C8H7FN2O3/c9-14-8(13)2-1-7(12)6-5-10-3-4-11-6/h3-5H,1-2H2. The SMILES string of the molecule is O=C(CCC(=O)c1cnccn1)OF. The maximum Gasteiger partial charge on any atom is 0.349 e. The first kappa shape index (κ1) is 10.2. The van der Waals surface area contributed by atoms with Crippen molar-refractivity contribution in [2.45, 2.75) is 12.8 Å². The van der Waals surface area contributed by atoms with Crippen molar-refractivity contribution < 1.29 is 19.1 Å². The maximum absolute atomic E-state index is 11.3. The minimum absolute atomic E-state index is 0.137. The van der Waals surface area contributed by atoms with Crippen LogP contribution >= 0.6 is 0 Å². The maximum atomic E-state index is 11.3. The number of halogens is 1. The molecule has 1 aromatic heterocycles. The Morgan fingerprint density at radius 2 is 2.14 bits per heavy atom. The van der Waals surface area contributed by atoms with Gasteiger partial charge in [-0.05, 0) is 0 Å². The van der Waals surface area contributed by atoms with Crippen molar-refractivity contribution in [2.24, 2.45) is 0 Å². The Bertz CT molecular complexity index is 329. The zero-order valence-electron chi connectivity index (χ0n) is 7.14. The lowest BCUT2D eigenvalue weighted by atomic mass is 10.2. The van der Waals surface area contributed by atoms with E-state index >= 15 is 0 Å². The quantitative estimate of drug-likeness (QED) is 0.671. The van der Waals surface area contributed by atoms with Gasteiger partial charge in [-0.1, -0.05) is 0 Å². The third kappa shape index (κ3) is 2.89. The average Bonchev–Trinajstić information content (AvgIpc) is 2.26. The van der Waals surface area contributed by atoms with Gasteiger partial charge in [0.25, 0.3) is 0 Å². The molecule has 1 rings (SSSR count). The number of nitrogens with zero attached hydrogens (tertiary/aromatic N) is 2. The molecule has 0 aromatic carbocycles. The van der Waals surface area contributed by atoms with Gasteiger partial charge in [0.1, 0.15) is 5.69 Å². The summed E-state index contributed by atoms with van der Waals surface area (Å²) < 4.78 is 11.3. The lowest BCUT2D eigenvalue weighted by molar-refractivity contribution is -0.183. The molecule has 0 aliphatic heterocycles. The Labute approximate surface area is 78.8 Å². The molecule has 5 nitrogen and oxygen atoms in total. The van der Waals surface area contributed by atoms with Crippen LogP contribution in [0.3, 0.4) is 0 Å². The molecular formula is C8H7FN2O3. The van der Waals surface area contributed by atoms with Gasteiger partial charge in [-0.2, -0.15) is 0 Å². The number of carbonyl (C=O) groups excluding carboxylic acids is 2. The minimum Gasteiger partial charge on any atom is -0.292 e. The van der Waals surface area contributed by atoms with Crippen LogP contribution in [0.25, 0.3) is 0 Å². The van der Waals surface area contributed by atoms with Crippen LogP contribution < -0.4 is 0 Å². The normalized spacial score (nSPS) is 9.50. The zero-order chi connectivity index (χ0) is 10.4. The van der Waals surface area contributed by atoms with Crippen LogP contribution in [0.2, 0.25) is 0 Å². The van der Waals surface area contributed by atoms with Gasteiger partial charge in [0.05, 0.1) is 12.6 Å². The van der Waals surface area contributed by atoms with Crippen molar-refractivity contribution in [3.05, 3.63) is 24.3 Å². The second kappa shape index (κ2) is 5.00. The van der Waals surface area contributed by atoms with Crippen molar-refractivity contribution in [3.8, 4) is 0 Å². The van der Waals surface area contributed by atoms with Crippen LogP contribution in [0.1, 0.15) is 23.3 Å². The molecule has 0 atom stereocenters. The van der Waals surface area contributed by atoms with Gasteiger partial charge in [0.2, 0.25) is 0 Å². The summed E-state index contributed by atoms with van der Waals surface area (Å²) in [7, 11) is 0. The Hall–Kier alpha value is -1.85. The second-order valence-electron chi connectivity index (χ2n) is 2.46. The fourth-order valence-electron chi connectivity index (χ4n) is 0.825. The third-order valence-corrected chi connectivity index (χ3v) is 1.49. The molecule has 0 aliphatic rings. The molecule has 0 bridgehead atoms. The van der Waals surface area contributed by atoms with Crippen LogP contribution in [0, 0.1) is 0 Å². The number of carbonyl (C=O) groups is 2. The molecule has 14 heavy (non-hydrogen) atoms. The highest BCUT2D eigenvalue weighted by Crippen LogP contribution is 2.01. The van der Waals surface area contributed by atoms with E-state index in [2.05, 4.69) is 14.9 Å². The summed E-state index contributed by atoms with van der Waals surface area (Å²) in [4.78, 5) is 31.9. The van der Waals surface area contributed by atoms with Crippen molar-refractivity contribution in [2.75, 3.05) is 0 Å². The molecule has 74 valence electrons. The summed E-state index contributed by atoms with van der Waals surface area (Å²) in [6.07, 6.45) is 3.63. The summed E-state index contributed by atoms with van der Waals surface area (Å²) in [6.45, 7) is 0. The van der Waals surface area contributed by atoms with Crippen molar-refractivity contribution in [1.29, 1.82) is 0 Å². The molecule has 0 N–H and O–H groups in total. The zero-order valence-corrected chi connectivity index (χ0v) is 7.14. The predicted molar refractivity (Wildman–Crippen MR) is 42.8 cm³/mol. The number of Topliss-reactive ketones (excluding diaryl/α,β-unsaturated/α-hetero) is 1. The largest absolute Gasteiger partial charge is 0.349 e. The smallest absolute Gasteiger partial charge is 0.292 e. The lowest BCUT2D eigenvalue weighted by Gasteiger charge is -1.96. The molecule has 0 saturated carbocycles. The van der Waals surface area contributed by atoms with Gasteiger partial charge in [-0.15, -0.1) is 0 Å². The number of ketones is 1. The average molecular weight is 198 g/mol. The number of hydrogen-bond donors (Lipinski definition) is 0. The molecule has 0 aliphatic carbocycles. The van der Waals surface area contributed by atoms with E-state index in [1.165, 1.54) is 18.6 Å². The number of aromatic nitrogens is 2. The van der Waals surface area contributed by atoms with E-state index < -0.39 is 5.97 Å². The first-order chi connectivity index (χ1) is 6.74. The molecule has 0 spiro atoms. The Balaban J connectivity index is 2.48. The molecule has 0 fully saturated rings. The van der Waals surface area contributed by atoms with E-state index in [4.69, 9.17) is 0 Å². The van der Waals surface area contributed by atoms with Gasteiger partial charge in [0, 0.05) is 23.3 Å². The minimum atomic E-state index is -1.07. The van der Waals surface area contributed by atoms with Gasteiger partial charge >= 0.3 is 5.97 Å². The molecular weight excluding hydrogens is 191 g/mol. The fourth-order valence-corrected chi connectivity index (χ4v) is 0.825. The van der Waals surface area contributed by atoms with Crippen LogP contribution in [-0.2, 0) is 9.74 Å². The van der Waals surface area contributed by atoms with E-state index in [0.29, 0.717) is 0 Å². The highest BCUT2D eigenvalue weighted by atomic mass is 19.3. The Morgan fingerprint density at radius 1 is 1.36 bits per heavy atom. The lowest BCUT2D eigenvalue weighted by Crippen LogP contribution is -2.06. The predicted octanol–water partition coefficient (Wildman–Crippen LogP) is 0.867. The molecule has 1 heterocycles. The summed E-state index contributed by atoms with van der Waals surface area (Å²) >= 11 is 0. The van der Waals surface area contributed by atoms with Crippen molar-refractivity contribution in [1.82, 2.24) is 9.97 Å². The molecule has 1 aromatic rings. The summed E-state index contributed by atoms with van der Waals surface area (Å²) in [6, 6.07) is 0. The highest BCUT2D eigenvalue weighted by Gasteiger charge is 2.11. The molecule has 6 heteroatoms. The van der Waals surface area contributed by atoms with Crippen LogP contribution in [0.15, 0.2) is 18.6 Å². The second-order valence-corrected chi connectivity index (χ2v) is 2.46. The van der Waals surface area contributed by atoms with Crippen LogP contribution in [0.5, 0.6) is 0 Å². The van der Waals surface area contributed by atoms with Gasteiger partial charge in [0.15, 0.2) is 5.78 Å². The highest BCUT2D eigenvalue weighted by molar-refractivity contribution is 5.95. The molecule has 0 unspecified atom stereocenters. The van der Waals surface area contributed by atoms with E-state index in [9.17, 15) is 14.1 Å². The topological polar surface area (TPSA) is 69.2 Å². The van der Waals surface area contributed by atoms with E-state index in [0.717, 1.165) is 0 Å². The Kier molecular flexibility index (Phi) is 3.66. The van der Waals surface area contributed by atoms with E-state index in [1.807, 2.05) is 0 Å². The van der Waals surface area contributed by atoms with Gasteiger partial charge in [-0.25, -0.2) is 9.78 Å². The molecule has 0 radical (unpaired) electrons. The van der Waals surface area contributed by atoms with Crippen molar-refractivity contribution in [3.63, 3.8) is 0 Å². The summed E-state index contributed by atoms with van der Waals surface area (Å²) in [5, 5.41) is 0. The summed E-state index contributed by atoms with van der Waals surface area (Å²) in [5.41, 5.74) is 0.152. The Morgan fingerprint density at radius 3 is 2.71 bits per heavy atom. The number of rotatable bonds is 4. The van der Waals surface area contributed by atoms with Gasteiger partial charge in [-0.3, -0.25) is 14.7 Å². The van der Waals surface area contributed by atoms with Crippen molar-refractivity contribution >= 4 is 11.8 Å². The van der Waals surface area contributed by atoms with E-state index in [-0.39, 0.29) is 24.3 Å². The van der Waals surface area contributed by atoms with Gasteiger partial charge < -0.3 is 0 Å². The first-order valence-electron chi connectivity index (χ1n) is 3.84. The summed E-state index contributed by atoms with van der Waals surface area (Å²) in [5.74, 6) is -1.44. The van der Waals surface area contributed by atoms with Crippen LogP contribution in [0.4, 0.5) is 4.53 Å². The monoisotopic (exact) mass is 198 g/mol. The molecule has 0 saturated heterocycles. The first-order valence-corrected chi connectivity index (χ1v) is 3.84. The van der Waals surface area contributed by atoms with Crippen LogP contribution in [-0.4, -0.2) is 21.7 Å².